The zero-order valence-electron chi connectivity index (χ0n) is 42.5. The van der Waals surface area contributed by atoms with Crippen molar-refractivity contribution in [3.05, 3.63) is 154 Å². The molecule has 1 aromatic heterocycles. The SMILES string of the molecule is CC1(C)CCC(C)(C)C2Cc3oc4c(c3C=C21)N(c1ccc(C(C)(C)C)cc1)c1cc(N(c2ccccc2)c2ccc(C(C)(C)C)cc2)ccc1B4c1ccc2c(c1)C(C)(C)CCC2(C)C. The molecule has 3 nitrogen and oxygen atoms in total. The fourth-order valence-corrected chi connectivity index (χ4v) is 12.1. The summed E-state index contributed by atoms with van der Waals surface area (Å²) in [5, 5.41) is 0. The van der Waals surface area contributed by atoms with Gasteiger partial charge in [0.25, 0.3) is 6.71 Å². The normalized spacial score (nSPS) is 20.0. The first-order valence-electron chi connectivity index (χ1n) is 25.0. The fourth-order valence-electron chi connectivity index (χ4n) is 12.1. The quantitative estimate of drug-likeness (QED) is 0.161. The third-order valence-corrected chi connectivity index (χ3v) is 16.7. The van der Waals surface area contributed by atoms with Crippen LogP contribution < -0.4 is 26.4 Å². The van der Waals surface area contributed by atoms with Gasteiger partial charge in [-0.2, -0.15) is 0 Å². The van der Waals surface area contributed by atoms with Crippen LogP contribution in [0, 0.1) is 16.7 Å². The summed E-state index contributed by atoms with van der Waals surface area (Å²) in [7, 11) is 0. The maximum atomic E-state index is 7.59. The first-order chi connectivity index (χ1) is 30.9. The van der Waals surface area contributed by atoms with Gasteiger partial charge in [0.1, 0.15) is 5.76 Å². The van der Waals surface area contributed by atoms with E-state index in [1.807, 2.05) is 0 Å². The minimum Gasteiger partial charge on any atom is -0.472 e. The summed E-state index contributed by atoms with van der Waals surface area (Å²) >= 11 is 0. The molecule has 340 valence electrons. The van der Waals surface area contributed by atoms with Gasteiger partial charge in [0.05, 0.1) is 11.3 Å². The lowest BCUT2D eigenvalue weighted by atomic mass is 9.37. The number of fused-ring (bicyclic) bond motifs is 6. The zero-order valence-corrected chi connectivity index (χ0v) is 42.5. The number of allylic oxidation sites excluding steroid dienone is 1. The van der Waals surface area contributed by atoms with Crippen molar-refractivity contribution >= 4 is 63.5 Å². The Morgan fingerprint density at radius 1 is 0.591 bits per heavy atom. The van der Waals surface area contributed by atoms with Crippen LogP contribution in [0.1, 0.15) is 156 Å². The molecular formula is C62H73BN2O. The summed E-state index contributed by atoms with van der Waals surface area (Å²) in [4.78, 5) is 5.01. The third-order valence-electron chi connectivity index (χ3n) is 16.7. The Balaban J connectivity index is 1.26. The summed E-state index contributed by atoms with van der Waals surface area (Å²) < 4.78 is 7.59. The molecule has 66 heavy (non-hydrogen) atoms. The molecular weight excluding hydrogens is 800 g/mol. The van der Waals surface area contributed by atoms with Gasteiger partial charge in [-0.25, -0.2) is 0 Å². The Hall–Kier alpha value is -5.22. The van der Waals surface area contributed by atoms with Crippen LogP contribution in [-0.4, -0.2) is 6.71 Å². The van der Waals surface area contributed by atoms with Crippen LogP contribution in [0.15, 0.2) is 125 Å². The van der Waals surface area contributed by atoms with Gasteiger partial charge in [0.15, 0.2) is 0 Å². The molecule has 3 aliphatic carbocycles. The van der Waals surface area contributed by atoms with Gasteiger partial charge in [0.2, 0.25) is 0 Å². The first kappa shape index (κ1) is 44.6. The Bertz CT molecular complexity index is 2860. The Labute approximate surface area is 397 Å². The Kier molecular flexibility index (Phi) is 10.2. The number of para-hydroxylation sites is 1. The highest BCUT2D eigenvalue weighted by molar-refractivity contribution is 6.97. The van der Waals surface area contributed by atoms with Crippen molar-refractivity contribution in [2.24, 2.45) is 16.7 Å². The van der Waals surface area contributed by atoms with Gasteiger partial charge in [-0.1, -0.05) is 175 Å². The van der Waals surface area contributed by atoms with Gasteiger partial charge in [-0.05, 0) is 146 Å². The molecule has 2 heterocycles. The number of nitrogens with zero attached hydrogens (tertiary/aromatic N) is 2. The zero-order chi connectivity index (χ0) is 46.9. The molecule has 10 rings (SSSR count). The van der Waals surface area contributed by atoms with E-state index in [1.165, 1.54) is 75.8 Å². The van der Waals surface area contributed by atoms with Crippen molar-refractivity contribution in [1.29, 1.82) is 0 Å². The molecule has 4 heteroatoms. The minimum absolute atomic E-state index is 0.0306. The number of benzene rings is 5. The average Bonchev–Trinajstić information content (AvgIpc) is 3.63. The third kappa shape index (κ3) is 7.41. The average molecular weight is 873 g/mol. The van der Waals surface area contributed by atoms with Gasteiger partial charge in [-0.15, -0.1) is 0 Å². The van der Waals surface area contributed by atoms with Crippen LogP contribution in [0.25, 0.3) is 6.08 Å². The Morgan fingerprint density at radius 2 is 1.17 bits per heavy atom. The van der Waals surface area contributed by atoms with E-state index in [4.69, 9.17) is 4.42 Å². The lowest BCUT2D eigenvalue weighted by molar-refractivity contribution is 0.119. The highest BCUT2D eigenvalue weighted by Gasteiger charge is 2.49. The smallest absolute Gasteiger partial charge is 0.292 e. The van der Waals surface area contributed by atoms with Crippen molar-refractivity contribution in [2.45, 2.75) is 151 Å². The molecule has 1 fully saturated rings. The van der Waals surface area contributed by atoms with Gasteiger partial charge in [-0.3, -0.25) is 0 Å². The lowest BCUT2D eigenvalue weighted by Gasteiger charge is -2.49. The maximum Gasteiger partial charge on any atom is 0.292 e. The van der Waals surface area contributed by atoms with Gasteiger partial charge >= 0.3 is 0 Å². The van der Waals surface area contributed by atoms with E-state index < -0.39 is 0 Å². The standard InChI is InChI=1S/C62H73BN2O/c1-57(2,3)40-20-25-44(26-21-40)64(43-18-16-15-17-19-43)46-29-31-52-53(37-46)65(45-27-22-41(23-28-45)58(4,5)6)55-47-38-50-51(62(13,14)35-34-61(50,11)12)39-54(47)66-56(55)63(52)42-24-30-48-49(36-42)60(9,10)33-32-59(48,7)8/h15-31,36-38,51H,32-35,39H2,1-14H3. The first-order valence-corrected chi connectivity index (χ1v) is 25.0. The largest absolute Gasteiger partial charge is 0.472 e. The molecule has 0 radical (unpaired) electrons. The predicted molar refractivity (Wildman–Crippen MR) is 284 cm³/mol. The van der Waals surface area contributed by atoms with Crippen LogP contribution in [0.3, 0.4) is 0 Å². The molecule has 0 amide bonds. The van der Waals surface area contributed by atoms with E-state index >= 15 is 0 Å². The molecule has 4 aliphatic rings. The van der Waals surface area contributed by atoms with Crippen molar-refractivity contribution in [3.63, 3.8) is 0 Å². The number of hydrogen-bond acceptors (Lipinski definition) is 3. The van der Waals surface area contributed by atoms with Crippen LogP contribution in [0.5, 0.6) is 0 Å². The molecule has 0 N–H and O–H groups in total. The highest BCUT2D eigenvalue weighted by atomic mass is 16.3. The number of anilines is 6. The van der Waals surface area contributed by atoms with E-state index in [0.29, 0.717) is 5.92 Å². The molecule has 1 saturated carbocycles. The summed E-state index contributed by atoms with van der Waals surface area (Å²) in [6, 6.07) is 44.3. The molecule has 0 saturated heterocycles. The fraction of sp³-hybridized carbons (Fsp3) is 0.419. The predicted octanol–water partition coefficient (Wildman–Crippen LogP) is 15.4. The van der Waals surface area contributed by atoms with Gasteiger partial charge in [0, 0.05) is 40.4 Å². The van der Waals surface area contributed by atoms with Gasteiger partial charge < -0.3 is 14.2 Å². The summed E-state index contributed by atoms with van der Waals surface area (Å²) in [6.45, 7) is 33.4. The second kappa shape index (κ2) is 15.1. The van der Waals surface area contributed by atoms with E-state index in [0.717, 1.165) is 40.6 Å². The van der Waals surface area contributed by atoms with Crippen LogP contribution in [0.4, 0.5) is 34.1 Å². The van der Waals surface area contributed by atoms with E-state index in [1.54, 1.807) is 5.57 Å². The number of hydrogen-bond donors (Lipinski definition) is 0. The summed E-state index contributed by atoms with van der Waals surface area (Å²) in [6.07, 6.45) is 8.30. The number of rotatable bonds is 5. The summed E-state index contributed by atoms with van der Waals surface area (Å²) in [5.41, 5.74) is 19.7. The maximum absolute atomic E-state index is 7.59. The summed E-state index contributed by atoms with van der Waals surface area (Å²) in [5.74, 6) is 1.57. The molecule has 5 aromatic carbocycles. The minimum atomic E-state index is -0.0939. The van der Waals surface area contributed by atoms with Crippen molar-refractivity contribution in [2.75, 3.05) is 9.80 Å². The highest BCUT2D eigenvalue weighted by Crippen LogP contribution is 2.57. The van der Waals surface area contributed by atoms with Crippen LogP contribution >= 0.6 is 0 Å². The van der Waals surface area contributed by atoms with Crippen molar-refractivity contribution in [3.8, 4) is 0 Å². The van der Waals surface area contributed by atoms with E-state index in [-0.39, 0.29) is 39.2 Å². The lowest BCUT2D eigenvalue weighted by Crippen LogP contribution is -2.57. The molecule has 0 spiro atoms. The topological polar surface area (TPSA) is 19.6 Å². The van der Waals surface area contributed by atoms with Crippen LogP contribution in [0.2, 0.25) is 0 Å². The van der Waals surface area contributed by atoms with E-state index in [2.05, 4.69) is 228 Å². The van der Waals surface area contributed by atoms with Crippen LogP contribution in [-0.2, 0) is 28.1 Å². The second-order valence-electron chi connectivity index (χ2n) is 25.2. The van der Waals surface area contributed by atoms with Crippen molar-refractivity contribution in [1.82, 2.24) is 0 Å². The van der Waals surface area contributed by atoms with E-state index in [9.17, 15) is 0 Å². The molecule has 1 atom stereocenters. The molecule has 0 bridgehead atoms. The monoisotopic (exact) mass is 873 g/mol. The Morgan fingerprint density at radius 3 is 1.80 bits per heavy atom. The van der Waals surface area contributed by atoms with Crippen molar-refractivity contribution < 1.29 is 4.42 Å². The molecule has 6 aromatic rings. The molecule has 1 unspecified atom stereocenters. The number of furan rings is 1. The second-order valence-corrected chi connectivity index (χ2v) is 25.2. The molecule has 1 aliphatic heterocycles.